The molecule has 0 bridgehead atoms. The van der Waals surface area contributed by atoms with Crippen LogP contribution in [0.4, 0.5) is 0 Å². The topological polar surface area (TPSA) is 6.48 Å². The third-order valence-corrected chi connectivity index (χ3v) is 7.57. The van der Waals surface area contributed by atoms with Gasteiger partial charge in [0.15, 0.2) is 0 Å². The van der Waals surface area contributed by atoms with E-state index in [1.165, 1.54) is 161 Å². The first-order valence-corrected chi connectivity index (χ1v) is 15.5. The van der Waals surface area contributed by atoms with E-state index in [2.05, 4.69) is 43.0 Å². The van der Waals surface area contributed by atoms with Crippen molar-refractivity contribution in [2.75, 3.05) is 13.1 Å². The molecule has 0 aliphatic carbocycles. The number of nitrogens with zero attached hydrogens (tertiary/aromatic N) is 2. The molecule has 196 valence electrons. The molecule has 0 aromatic rings. The Hall–Kier alpha value is -0.660. The molecule has 1 atom stereocenters. The molecule has 2 heteroatoms. The summed E-state index contributed by atoms with van der Waals surface area (Å²) in [7, 11) is 0. The Morgan fingerprint density at radius 3 is 1.12 bits per heavy atom. The van der Waals surface area contributed by atoms with E-state index in [0.717, 1.165) is 0 Å². The highest BCUT2D eigenvalue weighted by molar-refractivity contribution is 4.96. The Morgan fingerprint density at radius 1 is 0.394 bits per heavy atom. The molecule has 0 fully saturated rings. The van der Waals surface area contributed by atoms with E-state index in [1.54, 1.807) is 0 Å². The summed E-state index contributed by atoms with van der Waals surface area (Å²) >= 11 is 0. The molecule has 2 nitrogen and oxygen atoms in total. The van der Waals surface area contributed by atoms with Crippen LogP contribution in [-0.2, 0) is 0 Å². The van der Waals surface area contributed by atoms with Gasteiger partial charge in [-0.15, -0.1) is 0 Å². The van der Waals surface area contributed by atoms with Gasteiger partial charge in [-0.25, -0.2) is 0 Å². The van der Waals surface area contributed by atoms with E-state index >= 15 is 0 Å². The predicted octanol–water partition coefficient (Wildman–Crippen LogP) is 10.4. The molecule has 0 spiro atoms. The van der Waals surface area contributed by atoms with Crippen LogP contribution in [0, 0.1) is 0 Å². The minimum atomic E-state index is 0.644. The van der Waals surface area contributed by atoms with Crippen molar-refractivity contribution in [3.05, 3.63) is 12.4 Å². The first kappa shape index (κ1) is 30.4. The fraction of sp³-hybridized carbons (Fsp3) is 0.935. The zero-order valence-corrected chi connectivity index (χ0v) is 23.3. The van der Waals surface area contributed by atoms with Crippen molar-refractivity contribution in [1.82, 2.24) is 9.80 Å². The van der Waals surface area contributed by atoms with Gasteiger partial charge in [0.2, 0.25) is 0 Å². The van der Waals surface area contributed by atoms with Crippen molar-refractivity contribution in [2.24, 2.45) is 0 Å². The van der Waals surface area contributed by atoms with Crippen molar-refractivity contribution in [3.63, 3.8) is 0 Å². The van der Waals surface area contributed by atoms with Gasteiger partial charge in [-0.1, -0.05) is 143 Å². The van der Waals surface area contributed by atoms with E-state index < -0.39 is 0 Å². The highest BCUT2D eigenvalue weighted by atomic mass is 15.4. The first-order chi connectivity index (χ1) is 16.3. The van der Waals surface area contributed by atoms with E-state index in [0.29, 0.717) is 6.17 Å². The molecule has 1 aliphatic heterocycles. The van der Waals surface area contributed by atoms with Gasteiger partial charge < -0.3 is 9.80 Å². The summed E-state index contributed by atoms with van der Waals surface area (Å²) in [5.41, 5.74) is 0. The first-order valence-electron chi connectivity index (χ1n) is 15.5. The molecule has 33 heavy (non-hydrogen) atoms. The molecule has 0 aromatic heterocycles. The summed E-state index contributed by atoms with van der Waals surface area (Å²) < 4.78 is 0. The quantitative estimate of drug-likeness (QED) is 0.124. The summed E-state index contributed by atoms with van der Waals surface area (Å²) in [6.45, 7) is 9.44. The van der Waals surface area contributed by atoms with Gasteiger partial charge in [-0.3, -0.25) is 0 Å². The molecule has 1 heterocycles. The Morgan fingerprint density at radius 2 is 0.697 bits per heavy atom. The zero-order chi connectivity index (χ0) is 23.8. The van der Waals surface area contributed by atoms with Gasteiger partial charge in [-0.2, -0.15) is 0 Å². The van der Waals surface area contributed by atoms with Crippen LogP contribution in [0.1, 0.15) is 168 Å². The van der Waals surface area contributed by atoms with Crippen molar-refractivity contribution in [3.8, 4) is 0 Å². The maximum absolute atomic E-state index is 2.67. The molecule has 0 amide bonds. The molecule has 0 saturated heterocycles. The smallest absolute Gasteiger partial charge is 0.101 e. The Bertz CT molecular complexity index is 419. The van der Waals surface area contributed by atoms with E-state index in [-0.39, 0.29) is 0 Å². The third-order valence-electron chi connectivity index (χ3n) is 7.57. The molecule has 1 unspecified atom stereocenters. The summed E-state index contributed by atoms with van der Waals surface area (Å²) in [5, 5.41) is 0. The van der Waals surface area contributed by atoms with Crippen molar-refractivity contribution < 1.29 is 0 Å². The van der Waals surface area contributed by atoms with Gasteiger partial charge >= 0.3 is 0 Å². The maximum atomic E-state index is 2.67. The Balaban J connectivity index is 2.08. The lowest BCUT2D eigenvalue weighted by atomic mass is 10.0. The normalized spacial score (nSPS) is 15.8. The summed E-state index contributed by atoms with van der Waals surface area (Å²) in [4.78, 5) is 5.32. The fourth-order valence-corrected chi connectivity index (χ4v) is 5.30. The molecule has 0 N–H and O–H groups in total. The molecule has 0 saturated carbocycles. The molecule has 0 aromatic carbocycles. The van der Waals surface area contributed by atoms with Crippen molar-refractivity contribution >= 4 is 0 Å². The average molecular weight is 463 g/mol. The highest BCUT2D eigenvalue weighted by Crippen LogP contribution is 2.23. The highest BCUT2D eigenvalue weighted by Gasteiger charge is 2.24. The Kier molecular flexibility index (Phi) is 21.3. The zero-order valence-electron chi connectivity index (χ0n) is 23.3. The lowest BCUT2D eigenvalue weighted by molar-refractivity contribution is 0.135. The lowest BCUT2D eigenvalue weighted by Gasteiger charge is -2.33. The van der Waals surface area contributed by atoms with E-state index in [4.69, 9.17) is 0 Å². The number of hydrogen-bond acceptors (Lipinski definition) is 2. The van der Waals surface area contributed by atoms with Crippen molar-refractivity contribution in [2.45, 2.75) is 175 Å². The largest absolute Gasteiger partial charge is 0.356 e. The third kappa shape index (κ3) is 16.6. The summed E-state index contributed by atoms with van der Waals surface area (Å²) in [5.74, 6) is 0. The molecular formula is C31H62N2. The fourth-order valence-electron chi connectivity index (χ4n) is 5.30. The van der Waals surface area contributed by atoms with Crippen LogP contribution in [0.25, 0.3) is 0 Å². The lowest BCUT2D eigenvalue weighted by Crippen LogP contribution is -2.39. The minimum absolute atomic E-state index is 0.644. The minimum Gasteiger partial charge on any atom is -0.356 e. The number of hydrogen-bond donors (Lipinski definition) is 0. The van der Waals surface area contributed by atoms with Gasteiger partial charge in [0.05, 0.1) is 0 Å². The van der Waals surface area contributed by atoms with Crippen LogP contribution in [0.15, 0.2) is 12.4 Å². The molecule has 1 aliphatic rings. The second-order valence-corrected chi connectivity index (χ2v) is 10.8. The van der Waals surface area contributed by atoms with Gasteiger partial charge in [0.25, 0.3) is 0 Å². The molecule has 0 radical (unpaired) electrons. The van der Waals surface area contributed by atoms with Crippen LogP contribution in [-0.4, -0.2) is 29.1 Å². The average Bonchev–Trinajstić information content (AvgIpc) is 3.20. The van der Waals surface area contributed by atoms with Crippen LogP contribution < -0.4 is 0 Å². The predicted molar refractivity (Wildman–Crippen MR) is 150 cm³/mol. The van der Waals surface area contributed by atoms with Crippen LogP contribution >= 0.6 is 0 Å². The summed E-state index contributed by atoms with van der Waals surface area (Å²) in [6, 6.07) is 0. The van der Waals surface area contributed by atoms with Gasteiger partial charge in [-0.05, 0) is 25.7 Å². The number of unbranched alkanes of at least 4 members (excludes halogenated alkanes) is 19. The van der Waals surface area contributed by atoms with Crippen LogP contribution in [0.5, 0.6) is 0 Å². The standard InChI is InChI=1S/C31H62N2/c1-4-7-10-12-13-14-15-16-17-18-19-20-22-25-28-33-30-29-32(27-24-9-6-3)31(33)26-23-21-11-8-5-2/h29-31H,4-28H2,1-3H3. The van der Waals surface area contributed by atoms with E-state index in [1.807, 2.05) is 0 Å². The van der Waals surface area contributed by atoms with E-state index in [9.17, 15) is 0 Å². The monoisotopic (exact) mass is 462 g/mol. The van der Waals surface area contributed by atoms with Crippen LogP contribution in [0.2, 0.25) is 0 Å². The second kappa shape index (κ2) is 23.1. The Labute approximate surface area is 210 Å². The second-order valence-electron chi connectivity index (χ2n) is 10.8. The van der Waals surface area contributed by atoms with Gasteiger partial charge in [0, 0.05) is 25.5 Å². The van der Waals surface area contributed by atoms with Gasteiger partial charge in [0.1, 0.15) is 6.17 Å². The molecular weight excluding hydrogens is 400 g/mol. The number of rotatable bonds is 25. The SMILES string of the molecule is CCCCCCCCCCCCCCCCN1C=CN(CCCCC)C1CCCCCCC. The maximum Gasteiger partial charge on any atom is 0.101 e. The summed E-state index contributed by atoms with van der Waals surface area (Å²) in [6.07, 6.45) is 38.1. The van der Waals surface area contributed by atoms with Crippen molar-refractivity contribution in [1.29, 1.82) is 0 Å². The molecule has 1 rings (SSSR count). The van der Waals surface area contributed by atoms with Crippen LogP contribution in [0.3, 0.4) is 0 Å².